The summed E-state index contributed by atoms with van der Waals surface area (Å²) >= 11 is 0. The van der Waals surface area contributed by atoms with Crippen molar-refractivity contribution in [3.63, 3.8) is 0 Å². The zero-order valence-electron chi connectivity index (χ0n) is 21.5. The molecule has 3 heterocycles. The second-order valence-electron chi connectivity index (χ2n) is 9.65. The molecule has 1 aliphatic rings. The van der Waals surface area contributed by atoms with Crippen molar-refractivity contribution in [1.29, 1.82) is 0 Å². The predicted octanol–water partition coefficient (Wildman–Crippen LogP) is 4.78. The number of fused-ring (bicyclic) bond motifs is 1. The molecule has 0 saturated carbocycles. The number of hydrogen-bond acceptors (Lipinski definition) is 5. The highest BCUT2D eigenvalue weighted by Crippen LogP contribution is 2.35. The fourth-order valence-electron chi connectivity index (χ4n) is 4.82. The molecule has 5 rings (SSSR count). The molecular formula is C29H34N6O. The number of carbonyl (C=O) groups is 1. The Bertz CT molecular complexity index is 1370. The van der Waals surface area contributed by atoms with Crippen molar-refractivity contribution < 1.29 is 4.79 Å². The number of pyridine rings is 1. The predicted molar refractivity (Wildman–Crippen MR) is 149 cm³/mol. The second kappa shape index (κ2) is 10.0. The van der Waals surface area contributed by atoms with Gasteiger partial charge in [-0.1, -0.05) is 18.2 Å². The van der Waals surface area contributed by atoms with E-state index in [0.717, 1.165) is 71.7 Å². The van der Waals surface area contributed by atoms with E-state index in [1.807, 2.05) is 36.7 Å². The third-order valence-corrected chi connectivity index (χ3v) is 6.92. The van der Waals surface area contributed by atoms with Gasteiger partial charge >= 0.3 is 0 Å². The number of aromatic nitrogens is 2. The van der Waals surface area contributed by atoms with Crippen LogP contribution in [0.1, 0.15) is 17.3 Å². The number of anilines is 2. The van der Waals surface area contributed by atoms with Gasteiger partial charge in [-0.15, -0.1) is 0 Å². The van der Waals surface area contributed by atoms with Crippen LogP contribution in [0.5, 0.6) is 0 Å². The van der Waals surface area contributed by atoms with Crippen LogP contribution in [-0.2, 0) is 0 Å². The van der Waals surface area contributed by atoms with Crippen molar-refractivity contribution in [1.82, 2.24) is 19.8 Å². The molecule has 1 saturated heterocycles. The summed E-state index contributed by atoms with van der Waals surface area (Å²) in [6.07, 6.45) is 3.92. The molecule has 0 radical (unpaired) electrons. The minimum atomic E-state index is 0.000873. The molecule has 0 aliphatic carbocycles. The minimum absolute atomic E-state index is 0.000873. The summed E-state index contributed by atoms with van der Waals surface area (Å²) in [6, 6.07) is 16.6. The summed E-state index contributed by atoms with van der Waals surface area (Å²) in [7, 11) is 5.71. The van der Waals surface area contributed by atoms with Crippen LogP contribution in [0.15, 0.2) is 60.9 Å². The minimum Gasteiger partial charge on any atom is -0.384 e. The number of nitrogens with one attached hydrogen (secondary N) is 2. The van der Waals surface area contributed by atoms with Gasteiger partial charge in [0.15, 0.2) is 0 Å². The summed E-state index contributed by atoms with van der Waals surface area (Å²) in [6.45, 7) is 7.23. The number of amides is 1. The third kappa shape index (κ3) is 4.66. The van der Waals surface area contributed by atoms with Crippen LogP contribution in [0.25, 0.3) is 33.3 Å². The lowest BCUT2D eigenvalue weighted by Gasteiger charge is -2.35. The van der Waals surface area contributed by atoms with Gasteiger partial charge in [-0.2, -0.15) is 0 Å². The maximum atomic E-state index is 12.3. The number of aromatic amines is 1. The van der Waals surface area contributed by atoms with Crippen LogP contribution in [0.4, 0.5) is 11.4 Å². The number of hydrogen-bond donors (Lipinski definition) is 2. The molecule has 7 nitrogen and oxygen atoms in total. The standard InChI is InChI=1S/C29H34N6O/c1-5-30-26-17-22(10-11-27(26)35-14-12-34(4)13-15-35)23-16-24-25(19-32-28(24)31-18-23)20-6-8-21(9-7-20)29(36)33(2)3/h6-11,16-19,30H,5,12-15H2,1-4H3,(H,31,32). The van der Waals surface area contributed by atoms with Crippen molar-refractivity contribution in [2.75, 3.05) is 64.1 Å². The summed E-state index contributed by atoms with van der Waals surface area (Å²) in [4.78, 5) is 26.7. The van der Waals surface area contributed by atoms with Crippen molar-refractivity contribution in [2.24, 2.45) is 0 Å². The molecule has 36 heavy (non-hydrogen) atoms. The highest BCUT2D eigenvalue weighted by atomic mass is 16.2. The first kappa shape index (κ1) is 23.9. The lowest BCUT2D eigenvalue weighted by molar-refractivity contribution is 0.0827. The average Bonchev–Trinajstić information content (AvgIpc) is 3.32. The molecule has 1 amide bonds. The Labute approximate surface area is 212 Å². The molecule has 4 aromatic rings. The zero-order chi connectivity index (χ0) is 25.2. The molecule has 0 atom stereocenters. The fourth-order valence-corrected chi connectivity index (χ4v) is 4.82. The maximum Gasteiger partial charge on any atom is 0.253 e. The van der Waals surface area contributed by atoms with E-state index in [0.29, 0.717) is 5.56 Å². The van der Waals surface area contributed by atoms with E-state index in [-0.39, 0.29) is 5.91 Å². The molecule has 0 unspecified atom stereocenters. The molecule has 7 heteroatoms. The summed E-state index contributed by atoms with van der Waals surface area (Å²) < 4.78 is 0. The number of nitrogens with zero attached hydrogens (tertiary/aromatic N) is 4. The van der Waals surface area contributed by atoms with E-state index in [9.17, 15) is 4.79 Å². The summed E-state index contributed by atoms with van der Waals surface area (Å²) in [5.41, 5.74) is 8.29. The van der Waals surface area contributed by atoms with Crippen molar-refractivity contribution >= 4 is 28.3 Å². The third-order valence-electron chi connectivity index (χ3n) is 6.92. The fraction of sp³-hybridized carbons (Fsp3) is 0.310. The number of likely N-dealkylation sites (N-methyl/N-ethyl adjacent to an activating group) is 1. The van der Waals surface area contributed by atoms with E-state index in [4.69, 9.17) is 4.98 Å². The normalized spacial score (nSPS) is 14.3. The molecule has 2 aromatic heterocycles. The molecule has 2 N–H and O–H groups in total. The zero-order valence-corrected chi connectivity index (χ0v) is 21.5. The van der Waals surface area contributed by atoms with E-state index in [1.54, 1.807) is 19.0 Å². The molecule has 2 aromatic carbocycles. The Kier molecular flexibility index (Phi) is 6.65. The Morgan fingerprint density at radius 3 is 2.42 bits per heavy atom. The smallest absolute Gasteiger partial charge is 0.253 e. The number of H-pyrrole nitrogens is 1. The van der Waals surface area contributed by atoms with Gasteiger partial charge in [-0.05, 0) is 55.4 Å². The second-order valence-corrected chi connectivity index (χ2v) is 9.65. The van der Waals surface area contributed by atoms with Crippen LogP contribution in [0, 0.1) is 0 Å². The molecular weight excluding hydrogens is 448 g/mol. The molecule has 0 bridgehead atoms. The van der Waals surface area contributed by atoms with Gasteiger partial charge in [0, 0.05) is 81.3 Å². The molecule has 0 spiro atoms. The first-order valence-electron chi connectivity index (χ1n) is 12.6. The highest BCUT2D eigenvalue weighted by molar-refractivity contribution is 5.98. The highest BCUT2D eigenvalue weighted by Gasteiger charge is 2.18. The number of piperazine rings is 1. The van der Waals surface area contributed by atoms with E-state index in [2.05, 4.69) is 58.3 Å². The van der Waals surface area contributed by atoms with Gasteiger partial charge in [-0.25, -0.2) is 4.98 Å². The Morgan fingerprint density at radius 2 is 1.72 bits per heavy atom. The molecule has 186 valence electrons. The van der Waals surface area contributed by atoms with Gasteiger partial charge in [-0.3, -0.25) is 4.79 Å². The van der Waals surface area contributed by atoms with Gasteiger partial charge in [0.1, 0.15) is 5.65 Å². The van der Waals surface area contributed by atoms with Crippen molar-refractivity contribution in [2.45, 2.75) is 6.92 Å². The molecule has 1 fully saturated rings. The van der Waals surface area contributed by atoms with Gasteiger partial charge in [0.25, 0.3) is 5.91 Å². The van der Waals surface area contributed by atoms with E-state index >= 15 is 0 Å². The quantitative estimate of drug-likeness (QED) is 0.414. The van der Waals surface area contributed by atoms with Crippen molar-refractivity contribution in [3.8, 4) is 22.3 Å². The topological polar surface area (TPSA) is 67.5 Å². The first-order chi connectivity index (χ1) is 17.4. The largest absolute Gasteiger partial charge is 0.384 e. The Balaban J connectivity index is 1.48. The monoisotopic (exact) mass is 482 g/mol. The van der Waals surface area contributed by atoms with Crippen LogP contribution in [0.3, 0.4) is 0 Å². The number of carbonyl (C=O) groups excluding carboxylic acids is 1. The Morgan fingerprint density at radius 1 is 1.00 bits per heavy atom. The van der Waals surface area contributed by atoms with Crippen LogP contribution >= 0.6 is 0 Å². The number of benzene rings is 2. The average molecular weight is 483 g/mol. The van der Waals surface area contributed by atoms with Crippen LogP contribution in [0.2, 0.25) is 0 Å². The Hall–Kier alpha value is -3.84. The van der Waals surface area contributed by atoms with Crippen molar-refractivity contribution in [3.05, 3.63) is 66.5 Å². The van der Waals surface area contributed by atoms with Gasteiger partial charge in [0.05, 0.1) is 11.4 Å². The van der Waals surface area contributed by atoms with Gasteiger partial charge in [0.2, 0.25) is 0 Å². The summed E-state index contributed by atoms with van der Waals surface area (Å²) in [5.74, 6) is 0.000873. The van der Waals surface area contributed by atoms with E-state index < -0.39 is 0 Å². The lowest BCUT2D eigenvalue weighted by atomic mass is 10.0. The van der Waals surface area contributed by atoms with Gasteiger partial charge < -0.3 is 25.0 Å². The lowest BCUT2D eigenvalue weighted by Crippen LogP contribution is -2.44. The van der Waals surface area contributed by atoms with Crippen LogP contribution < -0.4 is 10.2 Å². The first-order valence-corrected chi connectivity index (χ1v) is 12.6. The van der Waals surface area contributed by atoms with Crippen LogP contribution in [-0.4, -0.2) is 79.5 Å². The SMILES string of the molecule is CCNc1cc(-c2cnc3[nH]cc(-c4ccc(C(=O)N(C)C)cc4)c3c2)ccc1N1CCN(C)CC1. The van der Waals surface area contributed by atoms with E-state index in [1.165, 1.54) is 5.69 Å². The number of rotatable bonds is 6. The summed E-state index contributed by atoms with van der Waals surface area (Å²) in [5, 5.41) is 4.64. The maximum absolute atomic E-state index is 12.3. The molecule has 1 aliphatic heterocycles.